The molecule has 1 unspecified atom stereocenters. The summed E-state index contributed by atoms with van der Waals surface area (Å²) in [5, 5.41) is 7.14. The summed E-state index contributed by atoms with van der Waals surface area (Å²) in [5.74, 6) is 0.484. The van der Waals surface area contributed by atoms with Gasteiger partial charge in [0.15, 0.2) is 0 Å². The fourth-order valence-corrected chi connectivity index (χ4v) is 2.87. The highest BCUT2D eigenvalue weighted by molar-refractivity contribution is 9.09. The van der Waals surface area contributed by atoms with E-state index in [2.05, 4.69) is 26.1 Å². The van der Waals surface area contributed by atoms with Crippen molar-refractivity contribution in [3.8, 4) is 0 Å². The van der Waals surface area contributed by atoms with Crippen molar-refractivity contribution in [1.82, 2.24) is 10.2 Å². The topological polar surface area (TPSA) is 29.0 Å². The van der Waals surface area contributed by atoms with Gasteiger partial charge in [0.1, 0.15) is 0 Å². The highest BCUT2D eigenvalue weighted by Crippen LogP contribution is 2.35. The predicted octanol–water partition coefficient (Wildman–Crippen LogP) is 2.78. The molecule has 1 fully saturated rings. The molecule has 0 radical (unpaired) electrons. The first-order chi connectivity index (χ1) is 7.50. The Morgan fingerprint density at radius 2 is 2.19 bits per heavy atom. The van der Waals surface area contributed by atoms with E-state index >= 15 is 0 Å². The Balaban J connectivity index is 2.08. The molecule has 1 aliphatic rings. The monoisotopic (exact) mass is 315 g/mol. The van der Waals surface area contributed by atoms with Crippen molar-refractivity contribution in [3.05, 3.63) is 5.01 Å². The molecule has 1 atom stereocenters. The maximum Gasteiger partial charge on any atom is 0.445 e. The van der Waals surface area contributed by atoms with Crippen molar-refractivity contribution < 1.29 is 13.2 Å². The molecule has 1 aliphatic heterocycles. The molecule has 3 nitrogen and oxygen atoms in total. The predicted molar refractivity (Wildman–Crippen MR) is 59.0 cm³/mol. The molecule has 0 N–H and O–H groups in total. The van der Waals surface area contributed by atoms with Gasteiger partial charge < -0.3 is 4.90 Å². The molecule has 0 aliphatic carbocycles. The van der Waals surface area contributed by atoms with Crippen LogP contribution in [0.15, 0.2) is 0 Å². The van der Waals surface area contributed by atoms with Gasteiger partial charge in [0, 0.05) is 18.4 Å². The molecule has 2 heterocycles. The van der Waals surface area contributed by atoms with Crippen molar-refractivity contribution in [2.75, 3.05) is 23.3 Å². The lowest BCUT2D eigenvalue weighted by Gasteiger charge is -2.12. The molecule has 0 saturated carbocycles. The molecule has 0 amide bonds. The van der Waals surface area contributed by atoms with Crippen LogP contribution in [0.25, 0.3) is 0 Å². The van der Waals surface area contributed by atoms with Gasteiger partial charge in [-0.1, -0.05) is 27.3 Å². The number of nitrogens with zero attached hydrogens (tertiary/aromatic N) is 3. The van der Waals surface area contributed by atoms with Gasteiger partial charge in [0.2, 0.25) is 10.1 Å². The minimum atomic E-state index is -4.38. The zero-order chi connectivity index (χ0) is 11.8. The van der Waals surface area contributed by atoms with Crippen molar-refractivity contribution in [2.45, 2.75) is 12.6 Å². The van der Waals surface area contributed by atoms with Gasteiger partial charge in [0.25, 0.3) is 0 Å². The summed E-state index contributed by atoms with van der Waals surface area (Å²) in [6, 6.07) is 0. The molecule has 0 aromatic carbocycles. The smallest absolute Gasteiger partial charge is 0.346 e. The van der Waals surface area contributed by atoms with E-state index in [1.54, 1.807) is 0 Å². The molecule has 0 spiro atoms. The van der Waals surface area contributed by atoms with Crippen LogP contribution in [0.1, 0.15) is 11.4 Å². The number of aromatic nitrogens is 2. The highest BCUT2D eigenvalue weighted by atomic mass is 79.9. The van der Waals surface area contributed by atoms with Crippen molar-refractivity contribution in [3.63, 3.8) is 0 Å². The fraction of sp³-hybridized carbons (Fsp3) is 0.750. The number of hydrogen-bond acceptors (Lipinski definition) is 4. The van der Waals surface area contributed by atoms with Crippen molar-refractivity contribution in [1.29, 1.82) is 0 Å². The highest BCUT2D eigenvalue weighted by Gasteiger charge is 2.36. The number of alkyl halides is 4. The zero-order valence-corrected chi connectivity index (χ0v) is 10.6. The Kier molecular flexibility index (Phi) is 3.39. The van der Waals surface area contributed by atoms with Gasteiger partial charge >= 0.3 is 6.18 Å². The molecular weight excluding hydrogens is 307 g/mol. The second-order valence-corrected chi connectivity index (χ2v) is 5.25. The number of hydrogen-bond donors (Lipinski definition) is 0. The summed E-state index contributed by atoms with van der Waals surface area (Å²) in [6.07, 6.45) is -3.41. The molecule has 90 valence electrons. The Morgan fingerprint density at radius 1 is 1.44 bits per heavy atom. The second-order valence-electron chi connectivity index (χ2n) is 3.64. The van der Waals surface area contributed by atoms with E-state index < -0.39 is 11.2 Å². The maximum atomic E-state index is 12.3. The Hall–Kier alpha value is -0.370. The molecule has 1 saturated heterocycles. The largest absolute Gasteiger partial charge is 0.445 e. The maximum absolute atomic E-state index is 12.3. The molecule has 8 heteroatoms. The van der Waals surface area contributed by atoms with Crippen LogP contribution in [0.4, 0.5) is 18.3 Å². The average Bonchev–Trinajstić information content (AvgIpc) is 2.85. The summed E-state index contributed by atoms with van der Waals surface area (Å²) in [6.45, 7) is 1.50. The SMILES string of the molecule is FC(F)(F)c1nnc(N2CCC(CBr)C2)s1. The average molecular weight is 316 g/mol. The first-order valence-electron chi connectivity index (χ1n) is 4.72. The number of rotatable bonds is 2. The summed E-state index contributed by atoms with van der Waals surface area (Å²) < 4.78 is 36.9. The number of anilines is 1. The first kappa shape index (κ1) is 12.1. The third-order valence-corrected chi connectivity index (χ3v) is 4.38. The zero-order valence-electron chi connectivity index (χ0n) is 8.17. The van der Waals surface area contributed by atoms with Crippen LogP contribution in [0.3, 0.4) is 0 Å². The van der Waals surface area contributed by atoms with E-state index in [1.807, 2.05) is 4.90 Å². The Labute approximate surface area is 103 Å². The van der Waals surface area contributed by atoms with Crippen LogP contribution in [-0.2, 0) is 6.18 Å². The van der Waals surface area contributed by atoms with Crippen LogP contribution in [0.2, 0.25) is 0 Å². The first-order valence-corrected chi connectivity index (χ1v) is 6.66. The molecule has 0 bridgehead atoms. The summed E-state index contributed by atoms with van der Waals surface area (Å²) in [4.78, 5) is 1.86. The van der Waals surface area contributed by atoms with Gasteiger partial charge in [-0.25, -0.2) is 0 Å². The molecule has 16 heavy (non-hydrogen) atoms. The number of halogens is 4. The third-order valence-electron chi connectivity index (χ3n) is 2.43. The summed E-state index contributed by atoms with van der Waals surface area (Å²) in [5.41, 5.74) is 0. The molecular formula is C8H9BrF3N3S. The standard InChI is InChI=1S/C8H9BrF3N3S/c9-3-5-1-2-15(4-5)7-14-13-6(16-7)8(10,11)12/h5H,1-4H2. The van der Waals surface area contributed by atoms with Crippen molar-refractivity contribution >= 4 is 32.4 Å². The normalized spacial score (nSPS) is 21.8. The summed E-state index contributed by atoms with van der Waals surface area (Å²) in [7, 11) is 0. The van der Waals surface area contributed by atoms with E-state index in [9.17, 15) is 13.2 Å². The van der Waals surface area contributed by atoms with Crippen LogP contribution in [0.5, 0.6) is 0 Å². The molecule has 1 aromatic heterocycles. The van der Waals surface area contributed by atoms with E-state index in [4.69, 9.17) is 0 Å². The fourth-order valence-electron chi connectivity index (χ4n) is 1.59. The summed E-state index contributed by atoms with van der Waals surface area (Å²) >= 11 is 3.99. The van der Waals surface area contributed by atoms with E-state index in [-0.39, 0.29) is 0 Å². The van der Waals surface area contributed by atoms with Gasteiger partial charge in [0.05, 0.1) is 0 Å². The van der Waals surface area contributed by atoms with Crippen LogP contribution in [0, 0.1) is 5.92 Å². The Bertz CT molecular complexity index is 368. The molecule has 1 aromatic rings. The van der Waals surface area contributed by atoms with Crippen LogP contribution in [-0.4, -0.2) is 28.6 Å². The van der Waals surface area contributed by atoms with Gasteiger partial charge in [-0.3, -0.25) is 0 Å². The lowest BCUT2D eigenvalue weighted by Crippen LogP contribution is -2.19. The van der Waals surface area contributed by atoms with Gasteiger partial charge in [-0.2, -0.15) is 13.2 Å². The Morgan fingerprint density at radius 3 is 2.69 bits per heavy atom. The van der Waals surface area contributed by atoms with Crippen LogP contribution < -0.4 is 4.90 Å². The van der Waals surface area contributed by atoms with Gasteiger partial charge in [-0.05, 0) is 12.3 Å². The quantitative estimate of drug-likeness (QED) is 0.786. The van der Waals surface area contributed by atoms with E-state index in [1.165, 1.54) is 0 Å². The lowest BCUT2D eigenvalue weighted by molar-refractivity contribution is -0.138. The van der Waals surface area contributed by atoms with Gasteiger partial charge in [-0.15, -0.1) is 10.2 Å². The second kappa shape index (κ2) is 4.48. The minimum Gasteiger partial charge on any atom is -0.346 e. The lowest BCUT2D eigenvalue weighted by atomic mass is 10.2. The van der Waals surface area contributed by atoms with E-state index in [0.29, 0.717) is 22.4 Å². The van der Waals surface area contributed by atoms with Crippen LogP contribution >= 0.6 is 27.3 Å². The van der Waals surface area contributed by atoms with E-state index in [0.717, 1.165) is 24.8 Å². The minimum absolute atomic E-state index is 0.371. The third kappa shape index (κ3) is 2.48. The molecule has 2 rings (SSSR count). The van der Waals surface area contributed by atoms with Crippen molar-refractivity contribution in [2.24, 2.45) is 5.92 Å².